The van der Waals surface area contributed by atoms with Crippen LogP contribution in [0.3, 0.4) is 0 Å². The first-order valence-electron chi connectivity index (χ1n) is 15.5. The first kappa shape index (κ1) is 28.0. The van der Waals surface area contributed by atoms with Gasteiger partial charge < -0.3 is 9.80 Å². The predicted molar refractivity (Wildman–Crippen MR) is 186 cm³/mol. The Balaban J connectivity index is 1.20. The third-order valence-electron chi connectivity index (χ3n) is 10.1. The van der Waals surface area contributed by atoms with Crippen molar-refractivity contribution in [2.45, 2.75) is 57.8 Å². The van der Waals surface area contributed by atoms with Crippen LogP contribution in [0.25, 0.3) is 21.5 Å². The van der Waals surface area contributed by atoms with Gasteiger partial charge in [-0.2, -0.15) is 0 Å². The summed E-state index contributed by atoms with van der Waals surface area (Å²) in [5, 5.41) is 6.17. The number of fused-ring (bicyclic) bond motifs is 6. The summed E-state index contributed by atoms with van der Waals surface area (Å²) in [6.45, 7) is 9.38. The standard InChI is InChI=1S/C40H40ClN2/c1-39(2)34(42(5)32-22-18-26-12-7-9-16-30(26)36(32)39)24-20-28-14-11-15-29(38(28)41)21-25-35-40(3,4)37-31-17-10-8-13-27(31)19-23-33(37)43(35)6/h7-10,12-13,16-25H,11,14-15H2,1-6H3/b24-20+,29-21+,35-25+. The molecule has 4 aromatic rings. The molecule has 0 spiro atoms. The second-order valence-electron chi connectivity index (χ2n) is 13.4. The topological polar surface area (TPSA) is 6.48 Å². The maximum Gasteiger partial charge on any atom is 0.0952 e. The molecule has 0 bridgehead atoms. The molecule has 2 heterocycles. The fraction of sp³-hybridized carbons (Fsp3) is 0.275. The Morgan fingerprint density at radius 2 is 1.23 bits per heavy atom. The summed E-state index contributed by atoms with van der Waals surface area (Å²) in [5.41, 5.74) is 8.92. The van der Waals surface area contributed by atoms with E-state index in [0.717, 1.165) is 24.3 Å². The fourth-order valence-electron chi connectivity index (χ4n) is 7.95. The number of rotatable bonds is 3. The highest BCUT2D eigenvalue weighted by Gasteiger charge is 2.44. The Kier molecular flexibility index (Phi) is 6.63. The molecule has 1 aliphatic carbocycles. The number of hydrogen-bond donors (Lipinski definition) is 0. The predicted octanol–water partition coefficient (Wildman–Crippen LogP) is 10.7. The lowest BCUT2D eigenvalue weighted by atomic mass is 9.78. The van der Waals surface area contributed by atoms with E-state index in [0.29, 0.717) is 0 Å². The molecule has 0 amide bonds. The molecule has 0 saturated heterocycles. The normalized spacial score (nSPS) is 21.7. The van der Waals surface area contributed by atoms with Crippen molar-refractivity contribution in [1.29, 1.82) is 0 Å². The second-order valence-corrected chi connectivity index (χ2v) is 13.8. The van der Waals surface area contributed by atoms with Gasteiger partial charge in [-0.05, 0) is 81.3 Å². The van der Waals surface area contributed by atoms with Gasteiger partial charge in [0.1, 0.15) is 0 Å². The molecule has 0 N–H and O–H groups in total. The van der Waals surface area contributed by atoms with Crippen LogP contribution in [0.5, 0.6) is 0 Å². The molecular weight excluding hydrogens is 544 g/mol. The molecule has 0 atom stereocenters. The summed E-state index contributed by atoms with van der Waals surface area (Å²) in [6, 6.07) is 27.8. The van der Waals surface area contributed by atoms with E-state index >= 15 is 0 Å². The highest BCUT2D eigenvalue weighted by molar-refractivity contribution is 6.32. The van der Waals surface area contributed by atoms with Crippen LogP contribution in [0.1, 0.15) is 58.1 Å². The summed E-state index contributed by atoms with van der Waals surface area (Å²) in [4.78, 5) is 4.71. The van der Waals surface area contributed by atoms with Gasteiger partial charge in [0.15, 0.2) is 0 Å². The van der Waals surface area contributed by atoms with E-state index in [-0.39, 0.29) is 10.8 Å². The smallest absolute Gasteiger partial charge is 0.0952 e. The van der Waals surface area contributed by atoms with Crippen LogP contribution in [-0.4, -0.2) is 14.1 Å². The summed E-state index contributed by atoms with van der Waals surface area (Å²) >= 11 is 7.16. The largest absolute Gasteiger partial charge is 0.362 e. The van der Waals surface area contributed by atoms with Crippen LogP contribution >= 0.6 is 11.6 Å². The quantitative estimate of drug-likeness (QED) is 0.237. The van der Waals surface area contributed by atoms with Crippen LogP contribution in [0, 0.1) is 6.04 Å². The van der Waals surface area contributed by atoms with Crippen molar-refractivity contribution in [2.24, 2.45) is 0 Å². The molecule has 2 aliphatic heterocycles. The average Bonchev–Trinajstić information content (AvgIpc) is 3.33. The first-order chi connectivity index (χ1) is 20.6. The van der Waals surface area contributed by atoms with E-state index in [1.807, 2.05) is 0 Å². The molecule has 4 aromatic carbocycles. The van der Waals surface area contributed by atoms with Gasteiger partial charge in [0.05, 0.1) is 6.04 Å². The summed E-state index contributed by atoms with van der Waals surface area (Å²) in [6.07, 6.45) is 12.3. The third kappa shape index (κ3) is 4.29. The van der Waals surface area contributed by atoms with Gasteiger partial charge >= 0.3 is 0 Å². The monoisotopic (exact) mass is 583 g/mol. The molecule has 0 aromatic heterocycles. The highest BCUT2D eigenvalue weighted by Crippen LogP contribution is 2.53. The lowest BCUT2D eigenvalue weighted by Gasteiger charge is -2.29. The molecule has 0 saturated carbocycles. The van der Waals surface area contributed by atoms with Gasteiger partial charge in [0.2, 0.25) is 0 Å². The van der Waals surface area contributed by atoms with E-state index in [4.69, 9.17) is 11.6 Å². The van der Waals surface area contributed by atoms with Crippen LogP contribution in [0.2, 0.25) is 0 Å². The SMILES string of the molecule is CN1[C](/C=C/C2=C(Cl)C(=C/C=C3/N(C)c4ccc5ccccc5c4C3(C)C)/CCC2)C(C)(C)c2c1ccc1ccccc21. The van der Waals surface area contributed by atoms with Crippen molar-refractivity contribution in [1.82, 2.24) is 0 Å². The minimum Gasteiger partial charge on any atom is -0.362 e. The molecule has 217 valence electrons. The summed E-state index contributed by atoms with van der Waals surface area (Å²) in [7, 11) is 4.38. The Hall–Kier alpha value is -3.75. The molecule has 2 nitrogen and oxygen atoms in total. The van der Waals surface area contributed by atoms with Gasteiger partial charge in [0, 0.05) is 47.0 Å². The number of hydrogen-bond acceptors (Lipinski definition) is 2. The zero-order chi connectivity index (χ0) is 30.1. The minimum absolute atomic E-state index is 0.107. The van der Waals surface area contributed by atoms with Crippen molar-refractivity contribution >= 4 is 44.5 Å². The third-order valence-corrected chi connectivity index (χ3v) is 10.6. The van der Waals surface area contributed by atoms with Gasteiger partial charge in [-0.15, -0.1) is 0 Å². The van der Waals surface area contributed by atoms with Crippen LogP contribution in [0.4, 0.5) is 11.4 Å². The average molecular weight is 584 g/mol. The number of nitrogens with zero attached hydrogens (tertiary/aromatic N) is 2. The maximum atomic E-state index is 7.16. The summed E-state index contributed by atoms with van der Waals surface area (Å²) < 4.78 is 0. The van der Waals surface area contributed by atoms with E-state index in [1.54, 1.807) is 0 Å². The Bertz CT molecular complexity index is 1900. The zero-order valence-corrected chi connectivity index (χ0v) is 26.9. The number of anilines is 2. The minimum atomic E-state index is -0.107. The van der Waals surface area contributed by atoms with Gasteiger partial charge in [-0.1, -0.05) is 118 Å². The maximum absolute atomic E-state index is 7.16. The Labute approximate surface area is 261 Å². The number of halogens is 1. The number of benzene rings is 4. The van der Waals surface area contributed by atoms with Crippen LogP contribution < -0.4 is 9.80 Å². The van der Waals surface area contributed by atoms with Crippen molar-refractivity contribution in [3.8, 4) is 0 Å². The molecule has 3 heteroatoms. The van der Waals surface area contributed by atoms with Gasteiger partial charge in [0.25, 0.3) is 0 Å². The molecule has 0 fully saturated rings. The zero-order valence-electron chi connectivity index (χ0n) is 26.1. The van der Waals surface area contributed by atoms with Crippen LogP contribution in [0.15, 0.2) is 119 Å². The Morgan fingerprint density at radius 3 is 1.88 bits per heavy atom. The van der Waals surface area contributed by atoms with Crippen molar-refractivity contribution in [3.05, 3.63) is 136 Å². The number of likely N-dealkylation sites (N-methyl/N-ethyl adjacent to an activating group) is 2. The van der Waals surface area contributed by atoms with E-state index in [9.17, 15) is 0 Å². The van der Waals surface area contributed by atoms with Crippen molar-refractivity contribution in [2.75, 3.05) is 23.9 Å². The number of allylic oxidation sites excluding steroid dienone is 7. The van der Waals surface area contributed by atoms with Gasteiger partial charge in [-0.25, -0.2) is 0 Å². The second kappa shape index (κ2) is 10.2. The molecule has 3 aliphatic rings. The lowest BCUT2D eigenvalue weighted by Crippen LogP contribution is -2.29. The van der Waals surface area contributed by atoms with E-state index in [2.05, 4.69) is 149 Å². The van der Waals surface area contributed by atoms with E-state index in [1.165, 1.54) is 66.9 Å². The highest BCUT2D eigenvalue weighted by atomic mass is 35.5. The molecule has 0 unspecified atom stereocenters. The van der Waals surface area contributed by atoms with Crippen LogP contribution in [-0.2, 0) is 10.8 Å². The van der Waals surface area contributed by atoms with Crippen molar-refractivity contribution < 1.29 is 0 Å². The molecule has 43 heavy (non-hydrogen) atoms. The molecule has 7 rings (SSSR count). The first-order valence-corrected chi connectivity index (χ1v) is 15.9. The van der Waals surface area contributed by atoms with E-state index < -0.39 is 0 Å². The van der Waals surface area contributed by atoms with Crippen molar-refractivity contribution in [3.63, 3.8) is 0 Å². The lowest BCUT2D eigenvalue weighted by molar-refractivity contribution is 0.587. The summed E-state index contributed by atoms with van der Waals surface area (Å²) in [5.74, 6) is 0. The fourth-order valence-corrected chi connectivity index (χ4v) is 8.27. The molecule has 1 radical (unpaired) electrons. The molecular formula is C40H40ClN2. The Morgan fingerprint density at radius 1 is 0.651 bits per heavy atom. The van der Waals surface area contributed by atoms with Gasteiger partial charge in [-0.3, -0.25) is 0 Å².